The second-order valence-electron chi connectivity index (χ2n) is 6.46. The van der Waals surface area contributed by atoms with Gasteiger partial charge in [-0.1, -0.05) is 54.1 Å². The minimum absolute atomic E-state index is 0.139. The number of aromatic nitrogens is 1. The van der Waals surface area contributed by atoms with E-state index >= 15 is 0 Å². The van der Waals surface area contributed by atoms with Crippen LogP contribution in [-0.4, -0.2) is 10.5 Å². The summed E-state index contributed by atoms with van der Waals surface area (Å²) in [7, 11) is 1.84. The van der Waals surface area contributed by atoms with Crippen LogP contribution in [-0.2, 0) is 7.05 Å². The van der Waals surface area contributed by atoms with Gasteiger partial charge in [0.25, 0.3) is 5.91 Å². The lowest BCUT2D eigenvalue weighted by Gasteiger charge is -2.18. The second-order valence-corrected chi connectivity index (χ2v) is 6.89. The van der Waals surface area contributed by atoms with E-state index in [1.165, 1.54) is 0 Å². The predicted molar refractivity (Wildman–Crippen MR) is 114 cm³/mol. The Kier molecular flexibility index (Phi) is 4.72. The molecule has 1 heterocycles. The minimum Gasteiger partial charge on any atom is -0.330 e. The van der Waals surface area contributed by atoms with Gasteiger partial charge in [-0.15, -0.1) is 0 Å². The van der Waals surface area contributed by atoms with Crippen molar-refractivity contribution >= 4 is 34.2 Å². The standard InChI is InChI=1S/C23H17ClN2O2/c1-26-19-10-6-5-9-18(19)21(27)20(15-11-13-17(24)14-12-15)22(26)25-23(28)16-7-3-2-4-8-16/h2-14H,1H3,(H,25,28). The number of nitrogens with zero attached hydrogens (tertiary/aromatic N) is 1. The number of anilines is 1. The van der Waals surface area contributed by atoms with Gasteiger partial charge in [-0.3, -0.25) is 9.59 Å². The number of para-hydroxylation sites is 1. The molecule has 0 atom stereocenters. The minimum atomic E-state index is -0.277. The van der Waals surface area contributed by atoms with Gasteiger partial charge >= 0.3 is 0 Å². The maximum atomic E-state index is 13.3. The summed E-state index contributed by atoms with van der Waals surface area (Å²) in [4.78, 5) is 26.1. The van der Waals surface area contributed by atoms with E-state index in [0.717, 1.165) is 5.52 Å². The summed E-state index contributed by atoms with van der Waals surface area (Å²) in [6, 6.07) is 23.3. The molecule has 0 saturated heterocycles. The van der Waals surface area contributed by atoms with Gasteiger partial charge < -0.3 is 9.88 Å². The van der Waals surface area contributed by atoms with Crippen LogP contribution < -0.4 is 10.7 Å². The van der Waals surface area contributed by atoms with Crippen molar-refractivity contribution in [3.63, 3.8) is 0 Å². The summed E-state index contributed by atoms with van der Waals surface area (Å²) >= 11 is 6.02. The lowest BCUT2D eigenvalue weighted by Crippen LogP contribution is -2.21. The van der Waals surface area contributed by atoms with Crippen LogP contribution in [0, 0.1) is 0 Å². The molecule has 28 heavy (non-hydrogen) atoms. The summed E-state index contributed by atoms with van der Waals surface area (Å²) in [5.74, 6) is 0.168. The predicted octanol–water partition coefficient (Wildman–Crippen LogP) is 5.11. The average molecular weight is 389 g/mol. The molecular formula is C23H17ClN2O2. The molecule has 0 radical (unpaired) electrons. The molecule has 138 valence electrons. The van der Waals surface area contributed by atoms with Crippen LogP contribution in [0.4, 0.5) is 5.82 Å². The van der Waals surface area contributed by atoms with Crippen LogP contribution in [0.1, 0.15) is 10.4 Å². The topological polar surface area (TPSA) is 51.1 Å². The van der Waals surface area contributed by atoms with E-state index in [1.54, 1.807) is 54.6 Å². The third-order valence-corrected chi connectivity index (χ3v) is 4.96. The largest absolute Gasteiger partial charge is 0.330 e. The monoisotopic (exact) mass is 388 g/mol. The van der Waals surface area contributed by atoms with Crippen LogP contribution in [0.25, 0.3) is 22.0 Å². The van der Waals surface area contributed by atoms with Crippen molar-refractivity contribution in [3.05, 3.63) is 99.7 Å². The maximum Gasteiger partial charge on any atom is 0.256 e. The first-order valence-corrected chi connectivity index (χ1v) is 9.18. The van der Waals surface area contributed by atoms with E-state index in [-0.39, 0.29) is 11.3 Å². The van der Waals surface area contributed by atoms with Gasteiger partial charge in [0.1, 0.15) is 5.82 Å². The summed E-state index contributed by atoms with van der Waals surface area (Å²) in [5, 5.41) is 4.10. The Morgan fingerprint density at radius 3 is 2.25 bits per heavy atom. The number of hydrogen-bond acceptors (Lipinski definition) is 2. The fourth-order valence-corrected chi connectivity index (χ4v) is 3.41. The van der Waals surface area contributed by atoms with E-state index in [4.69, 9.17) is 11.6 Å². The Hall–Kier alpha value is -3.37. The van der Waals surface area contributed by atoms with Gasteiger partial charge in [0.15, 0.2) is 5.43 Å². The van der Waals surface area contributed by atoms with Crippen molar-refractivity contribution < 1.29 is 4.79 Å². The first-order chi connectivity index (χ1) is 13.6. The number of benzene rings is 3. The second kappa shape index (κ2) is 7.33. The molecule has 4 nitrogen and oxygen atoms in total. The molecule has 4 rings (SSSR count). The van der Waals surface area contributed by atoms with Crippen molar-refractivity contribution in [1.29, 1.82) is 0 Å². The molecule has 1 aromatic heterocycles. The highest BCUT2D eigenvalue weighted by Gasteiger charge is 2.19. The highest BCUT2D eigenvalue weighted by molar-refractivity contribution is 6.30. The van der Waals surface area contributed by atoms with Crippen LogP contribution in [0.2, 0.25) is 5.02 Å². The van der Waals surface area contributed by atoms with E-state index in [9.17, 15) is 9.59 Å². The first-order valence-electron chi connectivity index (χ1n) is 8.80. The molecule has 0 unspecified atom stereocenters. The van der Waals surface area contributed by atoms with Crippen LogP contribution in [0.3, 0.4) is 0 Å². The number of nitrogens with one attached hydrogen (secondary N) is 1. The van der Waals surface area contributed by atoms with Crippen molar-refractivity contribution in [2.24, 2.45) is 7.05 Å². The molecule has 0 aliphatic rings. The summed E-state index contributed by atoms with van der Waals surface area (Å²) in [6.45, 7) is 0. The number of fused-ring (bicyclic) bond motifs is 1. The highest BCUT2D eigenvalue weighted by Crippen LogP contribution is 2.29. The SMILES string of the molecule is Cn1c(NC(=O)c2ccccc2)c(-c2ccc(Cl)cc2)c(=O)c2ccccc21. The summed E-state index contributed by atoms with van der Waals surface area (Å²) < 4.78 is 1.83. The average Bonchev–Trinajstić information content (AvgIpc) is 2.73. The van der Waals surface area contributed by atoms with Gasteiger partial charge in [-0.25, -0.2) is 0 Å². The Bertz CT molecular complexity index is 1230. The van der Waals surface area contributed by atoms with Gasteiger partial charge in [0.05, 0.1) is 11.1 Å². The van der Waals surface area contributed by atoms with Gasteiger partial charge in [0.2, 0.25) is 0 Å². The number of carbonyl (C=O) groups is 1. The summed E-state index contributed by atoms with van der Waals surface area (Å²) in [6.07, 6.45) is 0. The lowest BCUT2D eigenvalue weighted by atomic mass is 10.0. The molecule has 0 aliphatic carbocycles. The van der Waals surface area contributed by atoms with Crippen LogP contribution >= 0.6 is 11.6 Å². The molecule has 0 spiro atoms. The zero-order valence-corrected chi connectivity index (χ0v) is 15.9. The van der Waals surface area contributed by atoms with Crippen molar-refractivity contribution in [1.82, 2.24) is 4.57 Å². The summed E-state index contributed by atoms with van der Waals surface area (Å²) in [5.41, 5.74) is 2.25. The number of aryl methyl sites for hydroxylation is 1. The van der Waals surface area contributed by atoms with Gasteiger partial charge in [-0.2, -0.15) is 0 Å². The molecule has 0 saturated carbocycles. The normalized spacial score (nSPS) is 10.8. The number of amides is 1. The maximum absolute atomic E-state index is 13.3. The van der Waals surface area contributed by atoms with Crippen molar-refractivity contribution in [2.75, 3.05) is 5.32 Å². The number of hydrogen-bond donors (Lipinski definition) is 1. The number of carbonyl (C=O) groups excluding carboxylic acids is 1. The van der Waals surface area contributed by atoms with E-state index in [2.05, 4.69) is 5.32 Å². The molecule has 5 heteroatoms. The van der Waals surface area contributed by atoms with Crippen molar-refractivity contribution in [3.8, 4) is 11.1 Å². The van der Waals surface area contributed by atoms with Gasteiger partial charge in [0, 0.05) is 23.0 Å². The Labute approximate surface area is 167 Å². The van der Waals surface area contributed by atoms with Crippen LogP contribution in [0.15, 0.2) is 83.7 Å². The fraction of sp³-hybridized carbons (Fsp3) is 0.0435. The molecule has 1 N–H and O–H groups in total. The molecule has 4 aromatic rings. The molecule has 3 aromatic carbocycles. The van der Waals surface area contributed by atoms with E-state index in [0.29, 0.717) is 32.9 Å². The highest BCUT2D eigenvalue weighted by atomic mass is 35.5. The Morgan fingerprint density at radius 2 is 1.54 bits per heavy atom. The zero-order valence-electron chi connectivity index (χ0n) is 15.1. The number of rotatable bonds is 3. The zero-order chi connectivity index (χ0) is 19.7. The number of pyridine rings is 1. The van der Waals surface area contributed by atoms with E-state index in [1.807, 2.05) is 35.9 Å². The lowest BCUT2D eigenvalue weighted by molar-refractivity contribution is 0.102. The van der Waals surface area contributed by atoms with Crippen LogP contribution in [0.5, 0.6) is 0 Å². The smallest absolute Gasteiger partial charge is 0.256 e. The molecule has 1 amide bonds. The molecule has 0 bridgehead atoms. The molecule has 0 aliphatic heterocycles. The third-order valence-electron chi connectivity index (χ3n) is 4.71. The van der Waals surface area contributed by atoms with Crippen molar-refractivity contribution in [2.45, 2.75) is 0 Å². The van der Waals surface area contributed by atoms with Gasteiger partial charge in [-0.05, 0) is 42.0 Å². The fourth-order valence-electron chi connectivity index (χ4n) is 3.29. The third kappa shape index (κ3) is 3.19. The molecular weight excluding hydrogens is 372 g/mol. The Balaban J connectivity index is 1.96. The number of halogens is 1. The van der Waals surface area contributed by atoms with E-state index < -0.39 is 0 Å². The first kappa shape index (κ1) is 18.0. The molecule has 0 fully saturated rings. The quantitative estimate of drug-likeness (QED) is 0.530. The Morgan fingerprint density at radius 1 is 0.893 bits per heavy atom.